The van der Waals surface area contributed by atoms with Crippen molar-refractivity contribution in [1.82, 2.24) is 0 Å². The summed E-state index contributed by atoms with van der Waals surface area (Å²) in [6, 6.07) is 20.9. The quantitative estimate of drug-likeness (QED) is 0.569. The number of fused-ring (bicyclic) bond motifs is 1. The van der Waals surface area contributed by atoms with Crippen LogP contribution >= 0.6 is 0 Å². The minimum atomic E-state index is -0.466. The normalized spacial score (nSPS) is 10.7. The van der Waals surface area contributed by atoms with Crippen LogP contribution in [-0.4, -0.2) is 5.91 Å². The Bertz CT molecular complexity index is 1200. The monoisotopic (exact) mass is 359 g/mol. The zero-order chi connectivity index (χ0) is 18.8. The van der Waals surface area contributed by atoms with Crippen LogP contribution in [0.25, 0.3) is 22.3 Å². The third-order valence-electron chi connectivity index (χ3n) is 4.16. The molecule has 132 valence electrons. The summed E-state index contributed by atoms with van der Waals surface area (Å²) in [5.74, 6) is -0.583. The van der Waals surface area contributed by atoms with Crippen molar-refractivity contribution in [2.24, 2.45) is 0 Å². The summed E-state index contributed by atoms with van der Waals surface area (Å²) in [5.41, 5.74) is 1.21. The van der Waals surface area contributed by atoms with Crippen LogP contribution < -0.4 is 10.7 Å². The molecule has 3 aromatic carbocycles. The Kier molecular flexibility index (Phi) is 4.26. The first-order valence-corrected chi connectivity index (χ1v) is 8.31. The number of hydrogen-bond donors (Lipinski definition) is 1. The van der Waals surface area contributed by atoms with Gasteiger partial charge in [-0.2, -0.15) is 0 Å². The van der Waals surface area contributed by atoms with Gasteiger partial charge in [-0.05, 0) is 42.5 Å². The highest BCUT2D eigenvalue weighted by molar-refractivity contribution is 6.05. The molecule has 0 unspecified atom stereocenters. The van der Waals surface area contributed by atoms with Gasteiger partial charge in [0.15, 0.2) is 5.43 Å². The SMILES string of the molecule is O=C(Nc1ccc2oc(-c3ccccc3F)cc(=O)c2c1)c1ccccc1. The lowest BCUT2D eigenvalue weighted by Crippen LogP contribution is -2.12. The molecule has 0 saturated heterocycles. The lowest BCUT2D eigenvalue weighted by Gasteiger charge is -2.08. The molecule has 0 bridgehead atoms. The van der Waals surface area contributed by atoms with E-state index in [1.165, 1.54) is 12.1 Å². The van der Waals surface area contributed by atoms with E-state index < -0.39 is 5.82 Å². The molecule has 1 heterocycles. The number of carbonyl (C=O) groups excluding carboxylic acids is 1. The van der Waals surface area contributed by atoms with Gasteiger partial charge in [0.05, 0.1) is 10.9 Å². The fourth-order valence-electron chi connectivity index (χ4n) is 2.82. The molecule has 0 atom stereocenters. The van der Waals surface area contributed by atoms with Crippen molar-refractivity contribution in [1.29, 1.82) is 0 Å². The zero-order valence-corrected chi connectivity index (χ0v) is 14.1. The van der Waals surface area contributed by atoms with Crippen LogP contribution in [0.3, 0.4) is 0 Å². The van der Waals surface area contributed by atoms with Gasteiger partial charge in [0.1, 0.15) is 17.2 Å². The highest BCUT2D eigenvalue weighted by atomic mass is 19.1. The Morgan fingerprint density at radius 1 is 0.889 bits per heavy atom. The maximum absolute atomic E-state index is 14.0. The lowest BCUT2D eigenvalue weighted by molar-refractivity contribution is 0.102. The van der Waals surface area contributed by atoms with Gasteiger partial charge in [-0.3, -0.25) is 9.59 Å². The number of carbonyl (C=O) groups is 1. The summed E-state index contributed by atoms with van der Waals surface area (Å²) >= 11 is 0. The Hall–Kier alpha value is -3.73. The smallest absolute Gasteiger partial charge is 0.255 e. The molecule has 0 saturated carbocycles. The average molecular weight is 359 g/mol. The third kappa shape index (κ3) is 3.35. The molecule has 4 nitrogen and oxygen atoms in total. The summed E-state index contributed by atoms with van der Waals surface area (Å²) in [5, 5.41) is 3.06. The largest absolute Gasteiger partial charge is 0.456 e. The molecule has 1 aromatic heterocycles. The van der Waals surface area contributed by atoms with Gasteiger partial charge in [0, 0.05) is 17.3 Å². The minimum Gasteiger partial charge on any atom is -0.456 e. The van der Waals surface area contributed by atoms with E-state index in [-0.39, 0.29) is 22.7 Å². The van der Waals surface area contributed by atoms with Crippen LogP contribution in [0.5, 0.6) is 0 Å². The van der Waals surface area contributed by atoms with Crippen LogP contribution in [0.2, 0.25) is 0 Å². The van der Waals surface area contributed by atoms with Crippen LogP contribution in [0.15, 0.2) is 88.1 Å². The molecule has 1 amide bonds. The molecule has 0 aliphatic rings. The summed E-state index contributed by atoms with van der Waals surface area (Å²) < 4.78 is 19.7. The van der Waals surface area contributed by atoms with Gasteiger partial charge in [-0.1, -0.05) is 30.3 Å². The Morgan fingerprint density at radius 2 is 1.63 bits per heavy atom. The van der Waals surface area contributed by atoms with Gasteiger partial charge in [-0.25, -0.2) is 4.39 Å². The van der Waals surface area contributed by atoms with Crippen molar-refractivity contribution in [3.8, 4) is 11.3 Å². The Morgan fingerprint density at radius 3 is 2.41 bits per heavy atom. The average Bonchev–Trinajstić information content (AvgIpc) is 2.69. The standard InChI is InChI=1S/C22H14FNO3/c23-18-9-5-4-8-16(18)21-13-19(25)17-12-15(10-11-20(17)27-21)24-22(26)14-6-2-1-3-7-14/h1-13H,(H,24,26). The van der Waals surface area contributed by atoms with Crippen molar-refractivity contribution in [3.63, 3.8) is 0 Å². The fraction of sp³-hybridized carbons (Fsp3) is 0. The van der Waals surface area contributed by atoms with Crippen LogP contribution in [-0.2, 0) is 0 Å². The van der Waals surface area contributed by atoms with E-state index in [2.05, 4.69) is 5.32 Å². The zero-order valence-electron chi connectivity index (χ0n) is 14.1. The fourth-order valence-corrected chi connectivity index (χ4v) is 2.82. The van der Waals surface area contributed by atoms with Crippen molar-refractivity contribution >= 4 is 22.6 Å². The minimum absolute atomic E-state index is 0.159. The van der Waals surface area contributed by atoms with Gasteiger partial charge < -0.3 is 9.73 Å². The van der Waals surface area contributed by atoms with Crippen molar-refractivity contribution in [3.05, 3.63) is 100 Å². The number of halogens is 1. The van der Waals surface area contributed by atoms with Crippen molar-refractivity contribution < 1.29 is 13.6 Å². The van der Waals surface area contributed by atoms with Crippen LogP contribution in [0, 0.1) is 5.82 Å². The van der Waals surface area contributed by atoms with Crippen LogP contribution in [0.4, 0.5) is 10.1 Å². The van der Waals surface area contributed by atoms with Crippen LogP contribution in [0.1, 0.15) is 10.4 Å². The molecule has 0 spiro atoms. The van der Waals surface area contributed by atoms with Crippen molar-refractivity contribution in [2.75, 3.05) is 5.32 Å². The summed E-state index contributed by atoms with van der Waals surface area (Å²) in [6.45, 7) is 0. The second-order valence-corrected chi connectivity index (χ2v) is 5.99. The highest BCUT2D eigenvalue weighted by Gasteiger charge is 2.12. The Labute approximate surface area is 153 Å². The topological polar surface area (TPSA) is 59.3 Å². The molecule has 4 rings (SSSR count). The number of benzene rings is 3. The van der Waals surface area contributed by atoms with E-state index >= 15 is 0 Å². The Balaban J connectivity index is 1.71. The maximum atomic E-state index is 14.0. The van der Waals surface area contributed by atoms with E-state index in [0.717, 1.165) is 0 Å². The van der Waals surface area contributed by atoms with E-state index in [4.69, 9.17) is 4.42 Å². The molecule has 5 heteroatoms. The molecule has 4 aromatic rings. The molecular weight excluding hydrogens is 345 g/mol. The van der Waals surface area contributed by atoms with E-state index in [1.54, 1.807) is 60.7 Å². The third-order valence-corrected chi connectivity index (χ3v) is 4.16. The maximum Gasteiger partial charge on any atom is 0.255 e. The predicted octanol–water partition coefficient (Wildman–Crippen LogP) is 4.85. The van der Waals surface area contributed by atoms with Gasteiger partial charge >= 0.3 is 0 Å². The first-order chi connectivity index (χ1) is 13.1. The summed E-state index contributed by atoms with van der Waals surface area (Å²) in [4.78, 5) is 24.8. The molecule has 27 heavy (non-hydrogen) atoms. The second-order valence-electron chi connectivity index (χ2n) is 5.99. The second kappa shape index (κ2) is 6.88. The molecule has 0 aliphatic carbocycles. The van der Waals surface area contributed by atoms with E-state index in [1.807, 2.05) is 6.07 Å². The molecule has 0 fully saturated rings. The van der Waals surface area contributed by atoms with E-state index in [9.17, 15) is 14.0 Å². The number of nitrogens with one attached hydrogen (secondary N) is 1. The first kappa shape index (κ1) is 16.7. The van der Waals surface area contributed by atoms with Gasteiger partial charge in [-0.15, -0.1) is 0 Å². The first-order valence-electron chi connectivity index (χ1n) is 8.31. The van der Waals surface area contributed by atoms with Gasteiger partial charge in [0.25, 0.3) is 5.91 Å². The molecule has 0 aliphatic heterocycles. The van der Waals surface area contributed by atoms with E-state index in [0.29, 0.717) is 22.2 Å². The highest BCUT2D eigenvalue weighted by Crippen LogP contribution is 2.26. The number of rotatable bonds is 3. The number of hydrogen-bond acceptors (Lipinski definition) is 3. The number of amides is 1. The predicted molar refractivity (Wildman–Crippen MR) is 102 cm³/mol. The summed E-state index contributed by atoms with van der Waals surface area (Å²) in [6.07, 6.45) is 0. The molecular formula is C22H14FNO3. The molecule has 0 radical (unpaired) electrons. The number of anilines is 1. The van der Waals surface area contributed by atoms with Gasteiger partial charge in [0.2, 0.25) is 0 Å². The molecule has 1 N–H and O–H groups in total. The summed E-state index contributed by atoms with van der Waals surface area (Å²) in [7, 11) is 0. The lowest BCUT2D eigenvalue weighted by atomic mass is 10.1. The van der Waals surface area contributed by atoms with Crippen molar-refractivity contribution in [2.45, 2.75) is 0 Å².